The van der Waals surface area contributed by atoms with E-state index in [0.29, 0.717) is 5.56 Å². The van der Waals surface area contributed by atoms with Crippen LogP contribution in [0, 0.1) is 0 Å². The van der Waals surface area contributed by atoms with Crippen LogP contribution in [0.1, 0.15) is 5.56 Å². The topological polar surface area (TPSA) is 225 Å². The molecule has 0 aromatic heterocycles. The lowest BCUT2D eigenvalue weighted by Crippen LogP contribution is -2.62. The van der Waals surface area contributed by atoms with Gasteiger partial charge in [0.05, 0.1) is 20.3 Å². The summed E-state index contributed by atoms with van der Waals surface area (Å²) >= 11 is 0. The monoisotopic (exact) mass is 518 g/mol. The third-order valence-electron chi connectivity index (χ3n) is 5.80. The number of hydrogen-bond donors (Lipinski definition) is 8. The molecule has 2 heterocycles. The molecule has 1 aromatic carbocycles. The number of hydrogen-bond acceptors (Lipinski definition) is 14. The van der Waals surface area contributed by atoms with Gasteiger partial charge in [0.25, 0.3) is 0 Å². The Hall–Kier alpha value is -2.37. The molecule has 3 rings (SSSR count). The minimum absolute atomic E-state index is 0.103. The van der Waals surface area contributed by atoms with Crippen LogP contribution >= 0.6 is 0 Å². The van der Waals surface area contributed by atoms with E-state index in [1.54, 1.807) is 0 Å². The largest absolute Gasteiger partial charge is 0.504 e. The van der Waals surface area contributed by atoms with Crippen LogP contribution in [0.25, 0.3) is 6.08 Å². The van der Waals surface area contributed by atoms with Crippen molar-refractivity contribution in [2.24, 2.45) is 0 Å². The molecular weight excluding hydrogens is 488 g/mol. The maximum atomic E-state index is 12.4. The highest BCUT2D eigenvalue weighted by Gasteiger charge is 2.48. The Morgan fingerprint density at radius 2 is 1.67 bits per heavy atom. The summed E-state index contributed by atoms with van der Waals surface area (Å²) in [6.07, 6.45) is -13.9. The highest BCUT2D eigenvalue weighted by molar-refractivity contribution is 5.87. The van der Waals surface area contributed by atoms with Gasteiger partial charge in [-0.05, 0) is 23.8 Å². The van der Waals surface area contributed by atoms with Crippen molar-refractivity contribution in [3.05, 3.63) is 29.8 Å². The average Bonchev–Trinajstić information content (AvgIpc) is 2.87. The van der Waals surface area contributed by atoms with Crippen LogP contribution in [0.3, 0.4) is 0 Å². The highest BCUT2D eigenvalue weighted by Crippen LogP contribution is 2.28. The van der Waals surface area contributed by atoms with Crippen LogP contribution < -0.4 is 4.74 Å². The number of ether oxygens (including phenoxy) is 5. The van der Waals surface area contributed by atoms with Crippen molar-refractivity contribution < 1.29 is 69.3 Å². The van der Waals surface area contributed by atoms with Gasteiger partial charge in [-0.1, -0.05) is 6.07 Å². The van der Waals surface area contributed by atoms with Gasteiger partial charge in [-0.15, -0.1) is 0 Å². The molecule has 2 fully saturated rings. The van der Waals surface area contributed by atoms with Crippen LogP contribution in [0.15, 0.2) is 24.3 Å². The maximum Gasteiger partial charge on any atom is 0.331 e. The first-order chi connectivity index (χ1) is 17.1. The van der Waals surface area contributed by atoms with Gasteiger partial charge >= 0.3 is 5.97 Å². The highest BCUT2D eigenvalue weighted by atomic mass is 16.7. The zero-order valence-corrected chi connectivity index (χ0v) is 19.1. The maximum absolute atomic E-state index is 12.4. The molecule has 2 aliphatic heterocycles. The lowest BCUT2D eigenvalue weighted by atomic mass is 9.98. The smallest absolute Gasteiger partial charge is 0.331 e. The van der Waals surface area contributed by atoms with Gasteiger partial charge in [0, 0.05) is 6.08 Å². The third kappa shape index (κ3) is 6.30. The lowest BCUT2D eigenvalue weighted by Gasteiger charge is -2.42. The molecule has 2 aliphatic rings. The number of carbonyl (C=O) groups is 1. The van der Waals surface area contributed by atoms with Gasteiger partial charge < -0.3 is 64.5 Å². The minimum atomic E-state index is -1.82. The van der Waals surface area contributed by atoms with E-state index in [2.05, 4.69) is 0 Å². The Balaban J connectivity index is 1.70. The molecular formula is C22H30O14. The number of rotatable bonds is 8. The molecule has 14 nitrogen and oxygen atoms in total. The van der Waals surface area contributed by atoms with Crippen molar-refractivity contribution in [3.8, 4) is 11.5 Å². The van der Waals surface area contributed by atoms with Crippen LogP contribution in [0.5, 0.6) is 11.5 Å². The standard InChI is InChI=1S/C22H30O14/c1-32-11-6-9(2-4-10(11)24)3-5-14(25)36-20-18(29)15(26)12(7-23)35-22(20)33-8-13-16(27)17(28)19(30)21(31)34-13/h2-6,12-13,15-24,26-31H,7-8H2,1H3/b5-3+. The molecule has 8 N–H and O–H groups in total. The fraction of sp³-hybridized carbons (Fsp3) is 0.591. The number of carbonyl (C=O) groups excluding carboxylic acids is 1. The van der Waals surface area contributed by atoms with E-state index in [-0.39, 0.29) is 11.5 Å². The fourth-order valence-corrected chi connectivity index (χ4v) is 3.71. The van der Waals surface area contributed by atoms with Gasteiger partial charge in [-0.3, -0.25) is 0 Å². The predicted molar refractivity (Wildman–Crippen MR) is 116 cm³/mol. The number of phenols is 1. The summed E-state index contributed by atoms with van der Waals surface area (Å²) in [5.74, 6) is -0.905. The number of aliphatic hydroxyl groups is 7. The summed E-state index contributed by atoms with van der Waals surface area (Å²) in [6.45, 7) is -1.28. The molecule has 0 saturated carbocycles. The summed E-state index contributed by atoms with van der Waals surface area (Å²) in [6, 6.07) is 4.30. The van der Waals surface area contributed by atoms with Crippen molar-refractivity contribution in [1.29, 1.82) is 0 Å². The Morgan fingerprint density at radius 1 is 0.972 bits per heavy atom. The molecule has 202 valence electrons. The predicted octanol–water partition coefficient (Wildman–Crippen LogP) is -3.42. The molecule has 0 bridgehead atoms. The molecule has 36 heavy (non-hydrogen) atoms. The first-order valence-corrected chi connectivity index (χ1v) is 10.9. The number of phenolic OH excluding ortho intramolecular Hbond substituents is 1. The van der Waals surface area contributed by atoms with Gasteiger partial charge in [0.1, 0.15) is 42.7 Å². The first kappa shape index (κ1) is 28.2. The number of aliphatic hydroxyl groups excluding tert-OH is 7. The second kappa shape index (κ2) is 12.2. The second-order valence-electron chi connectivity index (χ2n) is 8.24. The number of benzene rings is 1. The van der Waals surface area contributed by atoms with Gasteiger partial charge in [-0.2, -0.15) is 0 Å². The Kier molecular flexibility index (Phi) is 9.59. The normalized spacial score (nSPS) is 37.1. The summed E-state index contributed by atoms with van der Waals surface area (Å²) in [5, 5.41) is 78.9. The summed E-state index contributed by atoms with van der Waals surface area (Å²) in [5.41, 5.74) is 0.470. The van der Waals surface area contributed by atoms with Crippen molar-refractivity contribution in [1.82, 2.24) is 0 Å². The van der Waals surface area contributed by atoms with Gasteiger partial charge in [0.2, 0.25) is 0 Å². The Morgan fingerprint density at radius 3 is 2.33 bits per heavy atom. The van der Waals surface area contributed by atoms with E-state index < -0.39 is 80.6 Å². The average molecular weight is 518 g/mol. The third-order valence-corrected chi connectivity index (χ3v) is 5.80. The van der Waals surface area contributed by atoms with Gasteiger partial charge in [-0.25, -0.2) is 4.79 Å². The lowest BCUT2D eigenvalue weighted by molar-refractivity contribution is -0.326. The molecule has 10 atom stereocenters. The van der Waals surface area contributed by atoms with E-state index >= 15 is 0 Å². The van der Waals surface area contributed by atoms with Crippen molar-refractivity contribution in [2.75, 3.05) is 20.3 Å². The zero-order chi connectivity index (χ0) is 26.6. The molecule has 0 aliphatic carbocycles. The van der Waals surface area contributed by atoms with E-state index in [1.807, 2.05) is 0 Å². The Labute approximate surface area is 205 Å². The molecule has 14 heteroatoms. The van der Waals surface area contributed by atoms with Crippen LogP contribution in [-0.4, -0.2) is 129 Å². The number of aromatic hydroxyl groups is 1. The first-order valence-electron chi connectivity index (χ1n) is 10.9. The quantitative estimate of drug-likeness (QED) is 0.124. The second-order valence-corrected chi connectivity index (χ2v) is 8.24. The summed E-state index contributed by atoms with van der Waals surface area (Å²) < 4.78 is 26.1. The SMILES string of the molecule is COc1cc(/C=C/C(=O)OC2C(OCC3OC(O)C(O)C(O)C3O)OC(CO)C(O)C2O)ccc1O. The number of methoxy groups -OCH3 is 1. The van der Waals surface area contributed by atoms with E-state index in [4.69, 9.17) is 23.7 Å². The fourth-order valence-electron chi connectivity index (χ4n) is 3.71. The van der Waals surface area contributed by atoms with Crippen LogP contribution in [0.2, 0.25) is 0 Å². The molecule has 0 radical (unpaired) electrons. The molecule has 10 unspecified atom stereocenters. The minimum Gasteiger partial charge on any atom is -0.504 e. The molecule has 0 amide bonds. The van der Waals surface area contributed by atoms with Crippen molar-refractivity contribution >= 4 is 12.0 Å². The van der Waals surface area contributed by atoms with E-state index in [1.165, 1.54) is 31.4 Å². The number of esters is 1. The molecule has 1 aromatic rings. The van der Waals surface area contributed by atoms with Crippen molar-refractivity contribution in [2.45, 2.75) is 61.4 Å². The van der Waals surface area contributed by atoms with E-state index in [9.17, 15) is 45.6 Å². The van der Waals surface area contributed by atoms with E-state index in [0.717, 1.165) is 6.08 Å². The molecule has 2 saturated heterocycles. The van der Waals surface area contributed by atoms with Gasteiger partial charge in [0.15, 0.2) is 30.2 Å². The summed E-state index contributed by atoms with van der Waals surface area (Å²) in [4.78, 5) is 12.4. The zero-order valence-electron chi connectivity index (χ0n) is 19.1. The molecule has 0 spiro atoms. The Bertz CT molecular complexity index is 909. The summed E-state index contributed by atoms with van der Waals surface area (Å²) in [7, 11) is 1.35. The van der Waals surface area contributed by atoms with Crippen LogP contribution in [0.4, 0.5) is 0 Å². The van der Waals surface area contributed by atoms with Crippen LogP contribution in [-0.2, 0) is 23.7 Å². The van der Waals surface area contributed by atoms with Crippen molar-refractivity contribution in [3.63, 3.8) is 0 Å².